The highest BCUT2D eigenvalue weighted by Crippen LogP contribution is 2.31. The molecule has 1 aliphatic rings. The number of methoxy groups -OCH3 is 1. The molecular weight excluding hydrogens is 256 g/mol. The molecule has 0 saturated carbocycles. The Labute approximate surface area is 116 Å². The van der Waals surface area contributed by atoms with E-state index in [9.17, 15) is 4.79 Å². The zero-order valence-electron chi connectivity index (χ0n) is 11.2. The molecule has 0 saturated heterocycles. The van der Waals surface area contributed by atoms with E-state index in [-0.39, 0.29) is 6.04 Å². The summed E-state index contributed by atoms with van der Waals surface area (Å²) in [6, 6.07) is 7.99. The third kappa shape index (κ3) is 1.99. The van der Waals surface area contributed by atoms with Gasteiger partial charge in [-0.2, -0.15) is 5.10 Å². The number of ether oxygens (including phenoxy) is 1. The molecule has 0 radical (unpaired) electrons. The number of nitrogens with one attached hydrogen (secondary N) is 1. The Morgan fingerprint density at radius 1 is 1.45 bits per heavy atom. The quantitative estimate of drug-likeness (QED) is 0.884. The average molecular weight is 272 g/mol. The maximum absolute atomic E-state index is 11.4. The van der Waals surface area contributed by atoms with Gasteiger partial charge < -0.3 is 15.8 Å². The minimum Gasteiger partial charge on any atom is -0.497 e. The second-order valence-corrected chi connectivity index (χ2v) is 4.72. The standard InChI is InChI=1S/C14H16N4O2/c1-20-10-4-2-9(3-5-10)12-6-7-16-14-11(13(15)19)8-17-18(12)14/h2-5,8,12,16H,6-7H2,1H3,(H2,15,19). The molecule has 1 aromatic heterocycles. The fourth-order valence-electron chi connectivity index (χ4n) is 2.54. The number of benzene rings is 1. The molecule has 6 nitrogen and oxygen atoms in total. The number of primary amides is 1. The summed E-state index contributed by atoms with van der Waals surface area (Å²) in [4.78, 5) is 11.4. The van der Waals surface area contributed by atoms with Crippen LogP contribution in [0.1, 0.15) is 28.4 Å². The van der Waals surface area contributed by atoms with Gasteiger partial charge in [-0.25, -0.2) is 4.68 Å². The number of aromatic nitrogens is 2. The van der Waals surface area contributed by atoms with E-state index in [1.807, 2.05) is 28.9 Å². The van der Waals surface area contributed by atoms with Crippen LogP contribution in [0.3, 0.4) is 0 Å². The van der Waals surface area contributed by atoms with Crippen molar-refractivity contribution < 1.29 is 9.53 Å². The summed E-state index contributed by atoms with van der Waals surface area (Å²) in [5.74, 6) is 1.06. The molecule has 20 heavy (non-hydrogen) atoms. The molecule has 0 aliphatic carbocycles. The van der Waals surface area contributed by atoms with E-state index in [2.05, 4.69) is 10.4 Å². The van der Waals surface area contributed by atoms with Crippen LogP contribution in [0.25, 0.3) is 0 Å². The van der Waals surface area contributed by atoms with Gasteiger partial charge in [0.1, 0.15) is 17.1 Å². The summed E-state index contributed by atoms with van der Waals surface area (Å²) >= 11 is 0. The van der Waals surface area contributed by atoms with Crippen LogP contribution in [0, 0.1) is 0 Å². The predicted octanol–water partition coefficient (Wildman–Crippen LogP) is 1.40. The van der Waals surface area contributed by atoms with Crippen LogP contribution in [0.2, 0.25) is 0 Å². The molecule has 1 aromatic carbocycles. The summed E-state index contributed by atoms with van der Waals surface area (Å²) in [5, 5.41) is 7.49. The summed E-state index contributed by atoms with van der Waals surface area (Å²) < 4.78 is 6.99. The Morgan fingerprint density at radius 2 is 2.20 bits per heavy atom. The number of carbonyl (C=O) groups is 1. The van der Waals surface area contributed by atoms with Gasteiger partial charge in [-0.1, -0.05) is 12.1 Å². The van der Waals surface area contributed by atoms with E-state index in [1.54, 1.807) is 7.11 Å². The highest BCUT2D eigenvalue weighted by atomic mass is 16.5. The lowest BCUT2D eigenvalue weighted by atomic mass is 10.0. The Hall–Kier alpha value is -2.50. The maximum atomic E-state index is 11.4. The summed E-state index contributed by atoms with van der Waals surface area (Å²) in [6.07, 6.45) is 2.42. The smallest absolute Gasteiger partial charge is 0.254 e. The molecule has 2 heterocycles. The molecular formula is C14H16N4O2. The summed E-state index contributed by atoms with van der Waals surface area (Å²) in [5.41, 5.74) is 6.92. The van der Waals surface area contributed by atoms with Crippen molar-refractivity contribution in [2.75, 3.05) is 19.0 Å². The Balaban J connectivity index is 1.98. The van der Waals surface area contributed by atoms with E-state index in [0.717, 1.165) is 24.3 Å². The Bertz CT molecular complexity index is 633. The second kappa shape index (κ2) is 4.88. The monoisotopic (exact) mass is 272 g/mol. The number of nitrogens with zero attached hydrogens (tertiary/aromatic N) is 2. The minimum absolute atomic E-state index is 0.102. The topological polar surface area (TPSA) is 82.2 Å². The van der Waals surface area contributed by atoms with E-state index in [1.165, 1.54) is 6.20 Å². The SMILES string of the molecule is COc1ccc(C2CCNc3c(C(N)=O)cnn32)cc1. The van der Waals surface area contributed by atoms with Gasteiger partial charge in [0.05, 0.1) is 19.3 Å². The zero-order chi connectivity index (χ0) is 14.1. The highest BCUT2D eigenvalue weighted by molar-refractivity contribution is 5.97. The van der Waals surface area contributed by atoms with Crippen molar-refractivity contribution in [1.29, 1.82) is 0 Å². The molecule has 104 valence electrons. The first-order chi connectivity index (χ1) is 9.70. The first-order valence-electron chi connectivity index (χ1n) is 6.46. The molecule has 0 bridgehead atoms. The van der Waals surface area contributed by atoms with E-state index in [4.69, 9.17) is 10.5 Å². The highest BCUT2D eigenvalue weighted by Gasteiger charge is 2.26. The van der Waals surface area contributed by atoms with E-state index >= 15 is 0 Å². The Morgan fingerprint density at radius 3 is 2.85 bits per heavy atom. The molecule has 6 heteroatoms. The molecule has 1 unspecified atom stereocenters. The van der Waals surface area contributed by atoms with Gasteiger partial charge in [-0.15, -0.1) is 0 Å². The molecule has 0 fully saturated rings. The van der Waals surface area contributed by atoms with Crippen molar-refractivity contribution in [3.05, 3.63) is 41.6 Å². The Kier molecular flexibility index (Phi) is 3.06. The first-order valence-corrected chi connectivity index (χ1v) is 6.46. The lowest BCUT2D eigenvalue weighted by molar-refractivity contribution is 0.100. The number of carbonyl (C=O) groups excluding carboxylic acids is 1. The van der Waals surface area contributed by atoms with Crippen molar-refractivity contribution in [2.45, 2.75) is 12.5 Å². The number of amides is 1. The molecule has 3 N–H and O–H groups in total. The number of rotatable bonds is 3. The van der Waals surface area contributed by atoms with Gasteiger partial charge in [-0.3, -0.25) is 4.79 Å². The number of hydrogen-bond donors (Lipinski definition) is 2. The minimum atomic E-state index is -0.464. The van der Waals surface area contributed by atoms with Crippen LogP contribution in [0.4, 0.5) is 5.82 Å². The van der Waals surface area contributed by atoms with Crippen molar-refractivity contribution in [1.82, 2.24) is 9.78 Å². The van der Waals surface area contributed by atoms with Crippen LogP contribution in [0.5, 0.6) is 5.75 Å². The summed E-state index contributed by atoms with van der Waals surface area (Å²) in [7, 11) is 1.64. The van der Waals surface area contributed by atoms with E-state index < -0.39 is 5.91 Å². The van der Waals surface area contributed by atoms with Crippen LogP contribution >= 0.6 is 0 Å². The zero-order valence-corrected chi connectivity index (χ0v) is 11.2. The molecule has 0 spiro atoms. The van der Waals surface area contributed by atoms with Gasteiger partial charge >= 0.3 is 0 Å². The molecule has 1 atom stereocenters. The third-order valence-electron chi connectivity index (χ3n) is 3.57. The number of anilines is 1. The normalized spacial score (nSPS) is 17.1. The van der Waals surface area contributed by atoms with Crippen molar-refractivity contribution in [2.24, 2.45) is 5.73 Å². The number of hydrogen-bond acceptors (Lipinski definition) is 4. The van der Waals surface area contributed by atoms with Crippen LogP contribution < -0.4 is 15.8 Å². The van der Waals surface area contributed by atoms with Crippen molar-refractivity contribution >= 4 is 11.7 Å². The fourth-order valence-corrected chi connectivity index (χ4v) is 2.54. The van der Waals surface area contributed by atoms with Gasteiger partial charge in [0.15, 0.2) is 0 Å². The first kappa shape index (κ1) is 12.5. The third-order valence-corrected chi connectivity index (χ3v) is 3.57. The molecule has 1 aliphatic heterocycles. The van der Waals surface area contributed by atoms with E-state index in [0.29, 0.717) is 11.4 Å². The lowest BCUT2D eigenvalue weighted by Gasteiger charge is -2.26. The number of nitrogens with two attached hydrogens (primary N) is 1. The largest absolute Gasteiger partial charge is 0.497 e. The van der Waals surface area contributed by atoms with Crippen LogP contribution in [0.15, 0.2) is 30.5 Å². The van der Waals surface area contributed by atoms with Gasteiger partial charge in [0, 0.05) is 6.54 Å². The predicted molar refractivity (Wildman–Crippen MR) is 75.0 cm³/mol. The van der Waals surface area contributed by atoms with Crippen LogP contribution in [-0.2, 0) is 0 Å². The lowest BCUT2D eigenvalue weighted by Crippen LogP contribution is -2.26. The summed E-state index contributed by atoms with van der Waals surface area (Å²) in [6.45, 7) is 0.780. The average Bonchev–Trinajstić information content (AvgIpc) is 2.91. The maximum Gasteiger partial charge on any atom is 0.254 e. The molecule has 2 aromatic rings. The molecule has 3 rings (SSSR count). The van der Waals surface area contributed by atoms with Crippen molar-refractivity contribution in [3.8, 4) is 5.75 Å². The van der Waals surface area contributed by atoms with Crippen LogP contribution in [-0.4, -0.2) is 29.3 Å². The second-order valence-electron chi connectivity index (χ2n) is 4.72. The molecule has 1 amide bonds. The van der Waals surface area contributed by atoms with Gasteiger partial charge in [-0.05, 0) is 24.1 Å². The number of fused-ring (bicyclic) bond motifs is 1. The fraction of sp³-hybridized carbons (Fsp3) is 0.286. The van der Waals surface area contributed by atoms with Gasteiger partial charge in [0.25, 0.3) is 5.91 Å². The van der Waals surface area contributed by atoms with Gasteiger partial charge in [0.2, 0.25) is 0 Å². The van der Waals surface area contributed by atoms with Crippen molar-refractivity contribution in [3.63, 3.8) is 0 Å².